The summed E-state index contributed by atoms with van der Waals surface area (Å²) in [5, 5.41) is 10.5. The van der Waals surface area contributed by atoms with Gasteiger partial charge in [-0.25, -0.2) is 0 Å². The molecule has 0 amide bonds. The van der Waals surface area contributed by atoms with Crippen LogP contribution in [0, 0.1) is 18.3 Å². The Balaban J connectivity index is 2.80. The van der Waals surface area contributed by atoms with Crippen molar-refractivity contribution >= 4 is 22.5 Å². The number of halogens is 1. The third kappa shape index (κ3) is 1.26. The highest BCUT2D eigenvalue weighted by atomic mass is 35.5. The molecule has 3 heteroatoms. The van der Waals surface area contributed by atoms with Crippen LogP contribution in [0.3, 0.4) is 0 Å². The Labute approximate surface area is 87.3 Å². The number of fused-ring (bicyclic) bond motifs is 1. The van der Waals surface area contributed by atoms with Gasteiger partial charge in [-0.1, -0.05) is 23.7 Å². The fourth-order valence-electron chi connectivity index (χ4n) is 1.69. The van der Waals surface area contributed by atoms with Gasteiger partial charge in [0.15, 0.2) is 0 Å². The van der Waals surface area contributed by atoms with Crippen molar-refractivity contribution in [3.05, 3.63) is 35.0 Å². The molecule has 0 N–H and O–H groups in total. The molecule has 0 spiro atoms. The van der Waals surface area contributed by atoms with Crippen LogP contribution in [-0.4, -0.2) is 4.57 Å². The Morgan fingerprint density at radius 2 is 2.29 bits per heavy atom. The van der Waals surface area contributed by atoms with E-state index in [-0.39, 0.29) is 0 Å². The zero-order valence-corrected chi connectivity index (χ0v) is 8.54. The molecule has 0 aliphatic carbocycles. The predicted molar refractivity (Wildman–Crippen MR) is 57.3 cm³/mol. The van der Waals surface area contributed by atoms with Gasteiger partial charge in [0.05, 0.1) is 16.6 Å². The fraction of sp³-hybridized carbons (Fsp3) is 0.182. The van der Waals surface area contributed by atoms with E-state index in [2.05, 4.69) is 6.07 Å². The van der Waals surface area contributed by atoms with Crippen LogP contribution in [0.4, 0.5) is 0 Å². The van der Waals surface area contributed by atoms with Crippen LogP contribution in [0.25, 0.3) is 10.9 Å². The van der Waals surface area contributed by atoms with Gasteiger partial charge in [0, 0.05) is 11.6 Å². The maximum absolute atomic E-state index is 8.67. The summed E-state index contributed by atoms with van der Waals surface area (Å²) in [5.41, 5.74) is 2.10. The standard InChI is InChI=1S/C11H9ClN2/c1-8-7-14(6-5-13)11-9(8)3-2-4-10(11)12/h2-4,7H,6H2,1H3. The molecule has 2 nitrogen and oxygen atoms in total. The summed E-state index contributed by atoms with van der Waals surface area (Å²) in [4.78, 5) is 0. The lowest BCUT2D eigenvalue weighted by Crippen LogP contribution is -1.92. The smallest absolute Gasteiger partial charge is 0.110 e. The van der Waals surface area contributed by atoms with Crippen LogP contribution in [0.1, 0.15) is 5.56 Å². The summed E-state index contributed by atoms with van der Waals surface area (Å²) in [6, 6.07) is 7.91. The number of rotatable bonds is 1. The maximum Gasteiger partial charge on any atom is 0.110 e. The molecule has 0 saturated heterocycles. The molecule has 1 aromatic heterocycles. The van der Waals surface area contributed by atoms with Crippen LogP contribution in [0.2, 0.25) is 5.02 Å². The molecule has 0 unspecified atom stereocenters. The molecule has 0 fully saturated rings. The second kappa shape index (κ2) is 3.36. The second-order valence-corrected chi connectivity index (χ2v) is 3.64. The van der Waals surface area contributed by atoms with Gasteiger partial charge in [0.2, 0.25) is 0 Å². The molecule has 0 atom stereocenters. The van der Waals surface area contributed by atoms with E-state index in [0.717, 1.165) is 16.5 Å². The first-order valence-electron chi connectivity index (χ1n) is 4.35. The van der Waals surface area contributed by atoms with E-state index in [4.69, 9.17) is 16.9 Å². The third-order valence-corrected chi connectivity index (χ3v) is 2.59. The summed E-state index contributed by atoms with van der Waals surface area (Å²) in [7, 11) is 0. The van der Waals surface area contributed by atoms with Crippen molar-refractivity contribution in [2.75, 3.05) is 0 Å². The lowest BCUT2D eigenvalue weighted by molar-refractivity contribution is 0.871. The van der Waals surface area contributed by atoms with Gasteiger partial charge >= 0.3 is 0 Å². The SMILES string of the molecule is Cc1cn(CC#N)c2c(Cl)cccc12. The topological polar surface area (TPSA) is 28.7 Å². The number of aryl methyl sites for hydroxylation is 1. The average Bonchev–Trinajstić information content (AvgIpc) is 2.46. The van der Waals surface area contributed by atoms with Crippen molar-refractivity contribution in [2.24, 2.45) is 0 Å². The Hall–Kier alpha value is -1.46. The number of para-hydroxylation sites is 1. The van der Waals surface area contributed by atoms with Crippen molar-refractivity contribution < 1.29 is 0 Å². The highest BCUT2D eigenvalue weighted by Crippen LogP contribution is 2.27. The van der Waals surface area contributed by atoms with Gasteiger partial charge in [0.1, 0.15) is 6.54 Å². The minimum absolute atomic E-state index is 0.341. The van der Waals surface area contributed by atoms with E-state index < -0.39 is 0 Å². The Morgan fingerprint density at radius 1 is 1.50 bits per heavy atom. The number of aromatic nitrogens is 1. The molecule has 1 aromatic carbocycles. The van der Waals surface area contributed by atoms with Gasteiger partial charge in [-0.15, -0.1) is 0 Å². The zero-order chi connectivity index (χ0) is 10.1. The van der Waals surface area contributed by atoms with E-state index in [9.17, 15) is 0 Å². The van der Waals surface area contributed by atoms with E-state index in [1.807, 2.05) is 35.9 Å². The van der Waals surface area contributed by atoms with Gasteiger partial charge in [-0.3, -0.25) is 0 Å². The fourth-order valence-corrected chi connectivity index (χ4v) is 1.98. The highest BCUT2D eigenvalue weighted by molar-refractivity contribution is 6.35. The van der Waals surface area contributed by atoms with Crippen LogP contribution < -0.4 is 0 Å². The molecule has 70 valence electrons. The summed E-state index contributed by atoms with van der Waals surface area (Å²) in [6.45, 7) is 2.36. The molecular weight excluding hydrogens is 196 g/mol. The first kappa shape index (κ1) is 9.11. The van der Waals surface area contributed by atoms with Crippen molar-refractivity contribution in [2.45, 2.75) is 13.5 Å². The monoisotopic (exact) mass is 204 g/mol. The number of nitriles is 1. The molecule has 1 heterocycles. The van der Waals surface area contributed by atoms with Gasteiger partial charge in [-0.05, 0) is 18.6 Å². The van der Waals surface area contributed by atoms with Gasteiger partial charge in [0.25, 0.3) is 0 Å². The van der Waals surface area contributed by atoms with E-state index in [1.165, 1.54) is 0 Å². The predicted octanol–water partition coefficient (Wildman–Crippen LogP) is 3.13. The Kier molecular flexibility index (Phi) is 2.18. The largest absolute Gasteiger partial charge is 0.332 e. The minimum atomic E-state index is 0.341. The molecular formula is C11H9ClN2. The normalized spacial score (nSPS) is 10.4. The van der Waals surface area contributed by atoms with Gasteiger partial charge in [-0.2, -0.15) is 5.26 Å². The third-order valence-electron chi connectivity index (χ3n) is 2.29. The first-order valence-corrected chi connectivity index (χ1v) is 4.72. The lowest BCUT2D eigenvalue weighted by Gasteiger charge is -2.00. The molecule has 14 heavy (non-hydrogen) atoms. The Morgan fingerprint density at radius 3 is 3.00 bits per heavy atom. The van der Waals surface area contributed by atoms with E-state index in [0.29, 0.717) is 11.6 Å². The minimum Gasteiger partial charge on any atom is -0.332 e. The highest BCUT2D eigenvalue weighted by Gasteiger charge is 2.07. The number of nitrogens with zero attached hydrogens (tertiary/aromatic N) is 2. The molecule has 0 radical (unpaired) electrons. The Bertz CT molecular complexity index is 520. The molecule has 0 bridgehead atoms. The van der Waals surface area contributed by atoms with Gasteiger partial charge < -0.3 is 4.57 Å². The van der Waals surface area contributed by atoms with Crippen LogP contribution >= 0.6 is 11.6 Å². The quantitative estimate of drug-likeness (QED) is 0.702. The number of hydrogen-bond acceptors (Lipinski definition) is 1. The van der Waals surface area contributed by atoms with Crippen molar-refractivity contribution in [3.63, 3.8) is 0 Å². The van der Waals surface area contributed by atoms with Crippen molar-refractivity contribution in [1.29, 1.82) is 5.26 Å². The molecule has 0 aliphatic rings. The van der Waals surface area contributed by atoms with E-state index >= 15 is 0 Å². The van der Waals surface area contributed by atoms with Crippen LogP contribution in [-0.2, 0) is 6.54 Å². The summed E-state index contributed by atoms with van der Waals surface area (Å²) >= 11 is 6.08. The number of hydrogen-bond donors (Lipinski definition) is 0. The molecule has 0 aliphatic heterocycles. The van der Waals surface area contributed by atoms with Crippen LogP contribution in [0.5, 0.6) is 0 Å². The molecule has 2 rings (SSSR count). The average molecular weight is 205 g/mol. The summed E-state index contributed by atoms with van der Waals surface area (Å²) < 4.78 is 1.88. The van der Waals surface area contributed by atoms with Crippen LogP contribution in [0.15, 0.2) is 24.4 Å². The summed E-state index contributed by atoms with van der Waals surface area (Å²) in [6.07, 6.45) is 1.96. The molecule has 2 aromatic rings. The lowest BCUT2D eigenvalue weighted by atomic mass is 10.2. The first-order chi connectivity index (χ1) is 6.74. The van der Waals surface area contributed by atoms with Crippen molar-refractivity contribution in [1.82, 2.24) is 4.57 Å². The summed E-state index contributed by atoms with van der Waals surface area (Å²) in [5.74, 6) is 0. The zero-order valence-electron chi connectivity index (χ0n) is 7.79. The second-order valence-electron chi connectivity index (χ2n) is 3.23. The number of benzene rings is 1. The maximum atomic E-state index is 8.67. The van der Waals surface area contributed by atoms with E-state index in [1.54, 1.807) is 0 Å². The van der Waals surface area contributed by atoms with Crippen molar-refractivity contribution in [3.8, 4) is 6.07 Å². The molecule has 0 saturated carbocycles.